The lowest BCUT2D eigenvalue weighted by atomic mass is 9.70. The molecule has 0 unspecified atom stereocenters. The van der Waals surface area contributed by atoms with Gasteiger partial charge in [-0.3, -0.25) is 19.9 Å². The SMILES string of the molecule is c1ccc(-c2ccc3c(c2)c2cc(-c4ccc(-c5ccc6c(c5)c5ccccc5c5nccnc65)cc4)ccc2n3-c2ccccc2)cc1.c1ccc(-n2c3ccc(-c4ccc(-c5ccc6c(c5)c5ccccc5c5nccnc65)cc4)cc3c3cc(-c4ccc5c(c4)C4(c6ccccc6-c6ccccc64)c4ccccc4-5)ccc32)cc1. The minimum atomic E-state index is -0.389. The van der Waals surface area contributed by atoms with Gasteiger partial charge >= 0.3 is 0 Å². The highest BCUT2D eigenvalue weighted by atomic mass is 15.0. The molecule has 2 aliphatic carbocycles. The molecule has 0 amide bonds. The van der Waals surface area contributed by atoms with E-state index in [1.54, 1.807) is 24.8 Å². The molecule has 0 saturated carbocycles. The standard InChI is InChI=1S/C65H39N3.C46H29N3/c1-2-12-46(13-3-1)68-61-32-28-43(41-24-22-40(23-25-41)42-27-31-53-54(36-42)47-14-4-5-18-52(47)63-64(53)67-35-34-66-63)37-55(61)56-38-44(29-33-62(56)68)45-26-30-51-50-17-8-11-21-59(50)65(60(51)39-45)57-19-9-6-15-48(57)49-16-7-10-20-58(49)65;1-3-9-30(10-4-1)34-20-23-43-41(28-34)42-29-35(21-24-44(42)49(43)36-11-5-2-6-12-36)32-17-15-31(16-18-32)33-19-22-39-40(27-33)37-13-7-8-14-38(37)45-46(39)48-26-25-47-45/h1-39H;1-29H. The highest BCUT2D eigenvalue weighted by Gasteiger charge is 2.51. The van der Waals surface area contributed by atoms with Crippen LogP contribution in [0.15, 0.2) is 413 Å². The third-order valence-electron chi connectivity index (χ3n) is 25.0. The van der Waals surface area contributed by atoms with Gasteiger partial charge < -0.3 is 9.13 Å². The molecule has 0 radical (unpaired) electrons. The predicted molar refractivity (Wildman–Crippen MR) is 487 cm³/mol. The zero-order valence-corrected chi connectivity index (χ0v) is 63.4. The van der Waals surface area contributed by atoms with Gasteiger partial charge in [0.2, 0.25) is 0 Å². The molecule has 23 aromatic rings. The maximum absolute atomic E-state index is 4.77. The fourth-order valence-corrected chi connectivity index (χ4v) is 19.7. The second-order valence-corrected chi connectivity index (χ2v) is 31.1. The molecule has 6 nitrogen and oxygen atoms in total. The van der Waals surface area contributed by atoms with Gasteiger partial charge in [-0.2, -0.15) is 0 Å². The van der Waals surface area contributed by atoms with E-state index in [-0.39, 0.29) is 5.41 Å². The normalized spacial score (nSPS) is 12.5. The summed E-state index contributed by atoms with van der Waals surface area (Å²) in [5, 5.41) is 14.2. The van der Waals surface area contributed by atoms with Crippen LogP contribution in [-0.2, 0) is 5.41 Å². The Balaban J connectivity index is 0.000000141. The lowest BCUT2D eigenvalue weighted by molar-refractivity contribution is 0.794. The smallest absolute Gasteiger partial charge is 0.0971 e. The fourth-order valence-electron chi connectivity index (χ4n) is 19.7. The number of hydrogen-bond acceptors (Lipinski definition) is 4. The van der Waals surface area contributed by atoms with Crippen LogP contribution in [0, 0.1) is 0 Å². The summed E-state index contributed by atoms with van der Waals surface area (Å²) < 4.78 is 4.80. The Morgan fingerprint density at radius 2 is 0.410 bits per heavy atom. The summed E-state index contributed by atoms with van der Waals surface area (Å²) in [5.41, 5.74) is 35.5. The highest BCUT2D eigenvalue weighted by Crippen LogP contribution is 2.63. The van der Waals surface area contributed by atoms with Crippen LogP contribution >= 0.6 is 0 Å². The van der Waals surface area contributed by atoms with Crippen molar-refractivity contribution in [3.05, 3.63) is 435 Å². The Labute approximate surface area is 674 Å². The summed E-state index contributed by atoms with van der Waals surface area (Å²) in [6, 6.07) is 143. The van der Waals surface area contributed by atoms with Gasteiger partial charge in [-0.25, -0.2) is 0 Å². The van der Waals surface area contributed by atoms with Crippen molar-refractivity contribution in [1.29, 1.82) is 0 Å². The molecule has 0 aliphatic heterocycles. The number of rotatable bonds is 8. The van der Waals surface area contributed by atoms with Crippen molar-refractivity contribution in [3.8, 4) is 100 Å². The van der Waals surface area contributed by atoms with Crippen molar-refractivity contribution in [3.63, 3.8) is 0 Å². The maximum Gasteiger partial charge on any atom is 0.0971 e. The number of para-hydroxylation sites is 2. The van der Waals surface area contributed by atoms with E-state index in [0.29, 0.717) is 0 Å². The van der Waals surface area contributed by atoms with Crippen molar-refractivity contribution in [2.24, 2.45) is 0 Å². The Morgan fingerprint density at radius 3 is 0.778 bits per heavy atom. The second-order valence-electron chi connectivity index (χ2n) is 31.1. The number of aromatic nitrogens is 6. The zero-order valence-electron chi connectivity index (χ0n) is 63.4. The molecule has 117 heavy (non-hydrogen) atoms. The van der Waals surface area contributed by atoms with Crippen molar-refractivity contribution in [2.45, 2.75) is 5.41 Å². The number of benzene rings is 19. The van der Waals surface area contributed by atoms with Gasteiger partial charge in [0.25, 0.3) is 0 Å². The molecular weight excluding hydrogens is 1420 g/mol. The topological polar surface area (TPSA) is 61.4 Å². The van der Waals surface area contributed by atoms with Gasteiger partial charge in [0.05, 0.1) is 49.5 Å². The molecule has 1 spiro atoms. The van der Waals surface area contributed by atoms with Crippen LogP contribution in [-0.4, -0.2) is 29.1 Å². The first-order valence-corrected chi connectivity index (χ1v) is 40.1. The first kappa shape index (κ1) is 66.1. The van der Waals surface area contributed by atoms with Crippen molar-refractivity contribution in [2.75, 3.05) is 0 Å². The fraction of sp³-hybridized carbons (Fsp3) is 0.00901. The Kier molecular flexibility index (Phi) is 14.9. The van der Waals surface area contributed by atoms with Gasteiger partial charge in [-0.05, 0) is 224 Å². The van der Waals surface area contributed by atoms with Gasteiger partial charge in [0.1, 0.15) is 0 Å². The van der Waals surface area contributed by atoms with E-state index < -0.39 is 0 Å². The summed E-state index contributed by atoms with van der Waals surface area (Å²) in [6.45, 7) is 0. The largest absolute Gasteiger partial charge is 0.309 e. The Hall–Kier alpha value is -15.5. The first-order valence-electron chi connectivity index (χ1n) is 40.1. The second kappa shape index (κ2) is 26.3. The lowest BCUT2D eigenvalue weighted by Gasteiger charge is -2.30. The van der Waals surface area contributed by atoms with Crippen LogP contribution in [0.1, 0.15) is 22.3 Å². The van der Waals surface area contributed by atoms with Crippen LogP contribution in [0.2, 0.25) is 0 Å². The van der Waals surface area contributed by atoms with Crippen LogP contribution in [0.25, 0.3) is 209 Å². The van der Waals surface area contributed by atoms with Gasteiger partial charge in [-0.1, -0.05) is 297 Å². The van der Waals surface area contributed by atoms with E-state index >= 15 is 0 Å². The molecule has 6 heteroatoms. The summed E-state index contributed by atoms with van der Waals surface area (Å²) >= 11 is 0. The predicted octanol–water partition coefficient (Wildman–Crippen LogP) is 28.4. The molecule has 19 aromatic carbocycles. The van der Waals surface area contributed by atoms with Gasteiger partial charge in [-0.15, -0.1) is 0 Å². The van der Waals surface area contributed by atoms with Crippen LogP contribution < -0.4 is 0 Å². The molecule has 0 saturated heterocycles. The van der Waals surface area contributed by atoms with Crippen LogP contribution in [0.5, 0.6) is 0 Å². The highest BCUT2D eigenvalue weighted by molar-refractivity contribution is 6.25. The summed E-state index contributed by atoms with van der Waals surface area (Å²) in [5.74, 6) is 0. The summed E-state index contributed by atoms with van der Waals surface area (Å²) in [4.78, 5) is 18.9. The van der Waals surface area contributed by atoms with E-state index in [0.717, 1.165) is 55.0 Å². The molecule has 542 valence electrons. The molecule has 4 aromatic heterocycles. The van der Waals surface area contributed by atoms with Crippen molar-refractivity contribution >= 4 is 109 Å². The number of nitrogens with zero attached hydrogens (tertiary/aromatic N) is 6. The third-order valence-corrected chi connectivity index (χ3v) is 25.0. The molecular formula is C111H68N6. The number of fused-ring (bicyclic) bond motifs is 28. The summed E-state index contributed by atoms with van der Waals surface area (Å²) in [7, 11) is 0. The molecule has 4 heterocycles. The monoisotopic (exact) mass is 1480 g/mol. The maximum atomic E-state index is 4.77. The van der Waals surface area contributed by atoms with E-state index in [2.05, 4.69) is 402 Å². The quantitative estimate of drug-likeness (QED) is 0.142. The molecule has 0 atom stereocenters. The van der Waals surface area contributed by atoms with Crippen LogP contribution in [0.3, 0.4) is 0 Å². The first-order chi connectivity index (χ1) is 58.0. The van der Waals surface area contributed by atoms with E-state index in [1.165, 1.54) is 176 Å². The number of hydrogen-bond donors (Lipinski definition) is 0. The minimum Gasteiger partial charge on any atom is -0.309 e. The molecule has 0 bridgehead atoms. The third kappa shape index (κ3) is 10.2. The van der Waals surface area contributed by atoms with E-state index in [1.807, 2.05) is 0 Å². The molecule has 0 N–H and O–H groups in total. The average Bonchev–Trinajstić information content (AvgIpc) is 1.51. The molecule has 25 rings (SSSR count). The van der Waals surface area contributed by atoms with Gasteiger partial charge in [0.15, 0.2) is 0 Å². The van der Waals surface area contributed by atoms with Crippen molar-refractivity contribution < 1.29 is 0 Å². The Bertz CT molecular complexity index is 7910. The minimum absolute atomic E-state index is 0.389. The van der Waals surface area contributed by atoms with Gasteiger partial charge in [0, 0.05) is 79.3 Å². The Morgan fingerprint density at radius 1 is 0.162 bits per heavy atom. The summed E-state index contributed by atoms with van der Waals surface area (Å²) in [6.07, 6.45) is 7.12. The van der Waals surface area contributed by atoms with Crippen LogP contribution in [0.4, 0.5) is 0 Å². The lowest BCUT2D eigenvalue weighted by Crippen LogP contribution is -2.25. The van der Waals surface area contributed by atoms with E-state index in [4.69, 9.17) is 15.0 Å². The van der Waals surface area contributed by atoms with Crippen molar-refractivity contribution in [1.82, 2.24) is 29.1 Å². The van der Waals surface area contributed by atoms with E-state index in [9.17, 15) is 0 Å². The zero-order chi connectivity index (χ0) is 76.8. The average molecular weight is 1490 g/mol. The molecule has 2 aliphatic rings. The molecule has 0 fully saturated rings.